The van der Waals surface area contributed by atoms with E-state index in [1.54, 1.807) is 18.1 Å². The lowest BCUT2D eigenvalue weighted by molar-refractivity contribution is 0.658. The van der Waals surface area contributed by atoms with Crippen LogP contribution in [0, 0.1) is 5.92 Å². The van der Waals surface area contributed by atoms with E-state index < -0.39 is 0 Å². The van der Waals surface area contributed by atoms with Crippen LogP contribution in [0.25, 0.3) is 0 Å². The molecule has 0 unspecified atom stereocenters. The smallest absolute Gasteiger partial charge is 0.191 e. The van der Waals surface area contributed by atoms with Crippen LogP contribution in [0.15, 0.2) is 11.3 Å². The van der Waals surface area contributed by atoms with Gasteiger partial charge in [-0.1, -0.05) is 12.8 Å². The van der Waals surface area contributed by atoms with Gasteiger partial charge < -0.3 is 10.6 Å². The molecule has 0 aromatic carbocycles. The van der Waals surface area contributed by atoms with Gasteiger partial charge >= 0.3 is 0 Å². The molecule has 6 nitrogen and oxygen atoms in total. The average molecular weight is 236 g/mol. The summed E-state index contributed by atoms with van der Waals surface area (Å²) in [5, 5.41) is 10.5. The van der Waals surface area contributed by atoms with Crippen LogP contribution in [0.4, 0.5) is 0 Å². The third-order valence-electron chi connectivity index (χ3n) is 2.98. The van der Waals surface area contributed by atoms with Gasteiger partial charge in [-0.15, -0.1) is 0 Å². The highest BCUT2D eigenvalue weighted by atomic mass is 15.3. The minimum absolute atomic E-state index is 0.638. The van der Waals surface area contributed by atoms with Gasteiger partial charge in [-0.25, -0.2) is 4.98 Å². The molecule has 0 aliphatic heterocycles. The van der Waals surface area contributed by atoms with Crippen molar-refractivity contribution < 1.29 is 0 Å². The van der Waals surface area contributed by atoms with Crippen molar-refractivity contribution in [2.75, 3.05) is 13.6 Å². The lowest BCUT2D eigenvalue weighted by atomic mass is 10.3. The molecule has 1 aliphatic carbocycles. The Morgan fingerprint density at radius 2 is 2.35 bits per heavy atom. The Hall–Kier alpha value is -1.59. The van der Waals surface area contributed by atoms with E-state index >= 15 is 0 Å². The molecule has 0 saturated heterocycles. The maximum absolute atomic E-state index is 4.17. The van der Waals surface area contributed by atoms with Crippen LogP contribution >= 0.6 is 0 Å². The lowest BCUT2D eigenvalue weighted by Gasteiger charge is -2.11. The Morgan fingerprint density at radius 3 is 2.94 bits per heavy atom. The Kier molecular flexibility index (Phi) is 3.95. The van der Waals surface area contributed by atoms with Gasteiger partial charge in [0, 0.05) is 20.6 Å². The minimum Gasteiger partial charge on any atom is -0.356 e. The van der Waals surface area contributed by atoms with Crippen LogP contribution in [0.1, 0.15) is 25.1 Å². The summed E-state index contributed by atoms with van der Waals surface area (Å²) >= 11 is 0. The van der Waals surface area contributed by atoms with Crippen LogP contribution < -0.4 is 10.6 Å². The van der Waals surface area contributed by atoms with Gasteiger partial charge in [0.1, 0.15) is 12.2 Å². The fraction of sp³-hybridized carbons (Fsp3) is 0.727. The van der Waals surface area contributed by atoms with Gasteiger partial charge in [-0.2, -0.15) is 5.10 Å². The molecule has 94 valence electrons. The first-order valence-corrected chi connectivity index (χ1v) is 6.07. The van der Waals surface area contributed by atoms with Crippen LogP contribution in [0.5, 0.6) is 0 Å². The molecule has 0 spiro atoms. The number of aryl methyl sites for hydroxylation is 1. The van der Waals surface area contributed by atoms with Crippen molar-refractivity contribution in [3.8, 4) is 0 Å². The van der Waals surface area contributed by atoms with Crippen molar-refractivity contribution in [1.82, 2.24) is 25.4 Å². The van der Waals surface area contributed by atoms with Crippen LogP contribution in [0.3, 0.4) is 0 Å². The first-order chi connectivity index (χ1) is 8.29. The summed E-state index contributed by atoms with van der Waals surface area (Å²) < 4.78 is 1.75. The van der Waals surface area contributed by atoms with E-state index in [0.29, 0.717) is 6.54 Å². The molecule has 1 aromatic heterocycles. The molecular weight excluding hydrogens is 216 g/mol. The van der Waals surface area contributed by atoms with Gasteiger partial charge in [-0.05, 0) is 12.3 Å². The number of rotatable bonds is 5. The number of guanidine groups is 1. The quantitative estimate of drug-likeness (QED) is 0.569. The summed E-state index contributed by atoms with van der Waals surface area (Å²) in [6.45, 7) is 1.63. The van der Waals surface area contributed by atoms with E-state index in [1.807, 2.05) is 7.05 Å². The number of nitrogens with one attached hydrogen (secondary N) is 2. The SMILES string of the molecule is CN=C(NCCC1CC1)NCc1ncnn1C. The molecule has 1 aliphatic rings. The molecule has 6 heteroatoms. The Labute approximate surface area is 102 Å². The predicted octanol–water partition coefficient (Wildman–Crippen LogP) is 0.280. The summed E-state index contributed by atoms with van der Waals surface area (Å²) in [7, 11) is 3.66. The lowest BCUT2D eigenvalue weighted by Crippen LogP contribution is -2.38. The maximum atomic E-state index is 4.17. The Balaban J connectivity index is 1.69. The molecule has 1 fully saturated rings. The summed E-state index contributed by atoms with van der Waals surface area (Å²) in [5.41, 5.74) is 0. The summed E-state index contributed by atoms with van der Waals surface area (Å²) in [5.74, 6) is 2.67. The topological polar surface area (TPSA) is 67.1 Å². The zero-order valence-corrected chi connectivity index (χ0v) is 10.5. The number of aliphatic imine (C=N–C) groups is 1. The van der Waals surface area contributed by atoms with Crippen LogP contribution in [0.2, 0.25) is 0 Å². The molecule has 1 heterocycles. The first-order valence-electron chi connectivity index (χ1n) is 6.07. The molecule has 0 amide bonds. The largest absolute Gasteiger partial charge is 0.356 e. The minimum atomic E-state index is 0.638. The average Bonchev–Trinajstić information content (AvgIpc) is 3.06. The van der Waals surface area contributed by atoms with Gasteiger partial charge in [0.25, 0.3) is 0 Å². The second-order valence-corrected chi connectivity index (χ2v) is 4.38. The first kappa shape index (κ1) is 11.9. The van der Waals surface area contributed by atoms with Crippen molar-refractivity contribution >= 4 is 5.96 Å². The van der Waals surface area contributed by atoms with E-state index in [1.165, 1.54) is 19.3 Å². The number of hydrogen-bond acceptors (Lipinski definition) is 3. The van der Waals surface area contributed by atoms with Gasteiger partial charge in [0.15, 0.2) is 5.96 Å². The molecule has 0 bridgehead atoms. The van der Waals surface area contributed by atoms with E-state index in [2.05, 4.69) is 25.7 Å². The summed E-state index contributed by atoms with van der Waals surface area (Å²) in [6.07, 6.45) is 5.59. The molecular formula is C11H20N6. The highest BCUT2D eigenvalue weighted by Gasteiger charge is 2.20. The monoisotopic (exact) mass is 236 g/mol. The fourth-order valence-corrected chi connectivity index (χ4v) is 1.66. The molecule has 0 atom stereocenters. The Morgan fingerprint density at radius 1 is 1.53 bits per heavy atom. The van der Waals surface area contributed by atoms with Gasteiger partial charge in [0.2, 0.25) is 0 Å². The van der Waals surface area contributed by atoms with Crippen molar-refractivity contribution in [2.24, 2.45) is 18.0 Å². The highest BCUT2D eigenvalue weighted by Crippen LogP contribution is 2.31. The molecule has 1 saturated carbocycles. The predicted molar refractivity (Wildman–Crippen MR) is 66.5 cm³/mol. The van der Waals surface area contributed by atoms with Crippen molar-refractivity contribution in [3.05, 3.63) is 12.2 Å². The molecule has 2 rings (SSSR count). The number of aromatic nitrogens is 3. The van der Waals surface area contributed by atoms with Crippen LogP contribution in [-0.4, -0.2) is 34.3 Å². The Bertz CT molecular complexity index is 379. The normalized spacial score (nSPS) is 16.0. The van der Waals surface area contributed by atoms with Gasteiger partial charge in [-0.3, -0.25) is 9.67 Å². The number of hydrogen-bond donors (Lipinski definition) is 2. The summed E-state index contributed by atoms with van der Waals surface area (Å²) in [4.78, 5) is 8.32. The third-order valence-corrected chi connectivity index (χ3v) is 2.98. The number of nitrogens with zero attached hydrogens (tertiary/aromatic N) is 4. The zero-order valence-electron chi connectivity index (χ0n) is 10.5. The van der Waals surface area contributed by atoms with Gasteiger partial charge in [0.05, 0.1) is 6.54 Å². The second kappa shape index (κ2) is 5.65. The molecule has 17 heavy (non-hydrogen) atoms. The van der Waals surface area contributed by atoms with E-state index in [4.69, 9.17) is 0 Å². The van der Waals surface area contributed by atoms with E-state index in [9.17, 15) is 0 Å². The van der Waals surface area contributed by atoms with Crippen LogP contribution in [-0.2, 0) is 13.6 Å². The van der Waals surface area contributed by atoms with Crippen molar-refractivity contribution in [1.29, 1.82) is 0 Å². The fourth-order valence-electron chi connectivity index (χ4n) is 1.66. The third kappa shape index (κ3) is 3.72. The highest BCUT2D eigenvalue weighted by molar-refractivity contribution is 5.79. The zero-order chi connectivity index (χ0) is 12.1. The van der Waals surface area contributed by atoms with Crippen molar-refractivity contribution in [2.45, 2.75) is 25.8 Å². The molecule has 1 aromatic rings. The molecule has 2 N–H and O–H groups in total. The van der Waals surface area contributed by atoms with E-state index in [-0.39, 0.29) is 0 Å². The standard InChI is InChI=1S/C11H20N6/c1-12-11(13-6-5-9-3-4-9)14-7-10-15-8-16-17(10)2/h8-9H,3-7H2,1-2H3,(H2,12,13,14). The van der Waals surface area contributed by atoms with E-state index in [0.717, 1.165) is 24.2 Å². The van der Waals surface area contributed by atoms with Crippen molar-refractivity contribution in [3.63, 3.8) is 0 Å². The second-order valence-electron chi connectivity index (χ2n) is 4.38. The summed E-state index contributed by atoms with van der Waals surface area (Å²) in [6, 6.07) is 0. The maximum Gasteiger partial charge on any atom is 0.191 e. The molecule has 0 radical (unpaired) electrons.